The summed E-state index contributed by atoms with van der Waals surface area (Å²) >= 11 is 6.67. The Kier molecular flexibility index (Phi) is 7.22. The van der Waals surface area contributed by atoms with Gasteiger partial charge in [-0.25, -0.2) is 4.79 Å². The van der Waals surface area contributed by atoms with Gasteiger partial charge in [0.25, 0.3) is 0 Å². The Morgan fingerprint density at radius 2 is 2.22 bits per heavy atom. The predicted octanol–water partition coefficient (Wildman–Crippen LogP) is 0.435. The van der Waals surface area contributed by atoms with Gasteiger partial charge < -0.3 is 25.0 Å². The molecule has 8 heteroatoms. The smallest absolute Gasteiger partial charge is 0.348 e. The summed E-state index contributed by atoms with van der Waals surface area (Å²) in [6.45, 7) is 9.68. The third kappa shape index (κ3) is 5.72. The fraction of sp³-hybridized carbons (Fsp3) is 0.600. The van der Waals surface area contributed by atoms with Crippen molar-refractivity contribution < 1.29 is 19.2 Å². The average Bonchev–Trinajstić information content (AvgIpc) is 2.89. The van der Waals surface area contributed by atoms with Crippen molar-refractivity contribution in [2.75, 3.05) is 51.3 Å². The van der Waals surface area contributed by atoms with Gasteiger partial charge in [0.05, 0.1) is 37.9 Å². The maximum absolute atomic E-state index is 11.8. The van der Waals surface area contributed by atoms with Crippen LogP contribution in [0.15, 0.2) is 6.07 Å². The Morgan fingerprint density at radius 1 is 1.48 bits per heavy atom. The molecule has 0 unspecified atom stereocenters. The summed E-state index contributed by atoms with van der Waals surface area (Å²) in [6, 6.07) is 1.91. The van der Waals surface area contributed by atoms with E-state index < -0.39 is 0 Å². The minimum atomic E-state index is -0.280. The summed E-state index contributed by atoms with van der Waals surface area (Å²) in [4.78, 5) is 14.0. The van der Waals surface area contributed by atoms with E-state index in [1.54, 1.807) is 6.92 Å². The molecule has 1 aromatic rings. The van der Waals surface area contributed by atoms with Crippen molar-refractivity contribution in [3.05, 3.63) is 16.5 Å². The molecule has 1 aliphatic heterocycles. The van der Waals surface area contributed by atoms with Gasteiger partial charge in [-0.2, -0.15) is 0 Å². The molecule has 23 heavy (non-hydrogen) atoms. The lowest BCUT2D eigenvalue weighted by molar-refractivity contribution is -0.906. The summed E-state index contributed by atoms with van der Waals surface area (Å²) in [5.74, 6) is -0.280. The molecule has 0 amide bonds. The molecule has 1 aromatic heterocycles. The first kappa shape index (κ1) is 18.1. The summed E-state index contributed by atoms with van der Waals surface area (Å²) in [6.07, 6.45) is 0. The van der Waals surface area contributed by atoms with Gasteiger partial charge in [0.15, 0.2) is 5.11 Å². The maximum atomic E-state index is 11.8. The lowest BCUT2D eigenvalue weighted by Gasteiger charge is -2.23. The van der Waals surface area contributed by atoms with Gasteiger partial charge >= 0.3 is 5.97 Å². The zero-order valence-corrected chi connectivity index (χ0v) is 15.2. The second-order valence-electron chi connectivity index (χ2n) is 5.34. The summed E-state index contributed by atoms with van der Waals surface area (Å²) < 4.78 is 10.4. The summed E-state index contributed by atoms with van der Waals surface area (Å²) in [7, 11) is 0. The Balaban J connectivity index is 1.76. The molecule has 0 radical (unpaired) electrons. The van der Waals surface area contributed by atoms with Crippen LogP contribution in [-0.2, 0) is 9.47 Å². The molecule has 0 spiro atoms. The first-order valence-electron chi connectivity index (χ1n) is 7.84. The Bertz CT molecular complexity index is 542. The van der Waals surface area contributed by atoms with Crippen LogP contribution in [0.1, 0.15) is 22.2 Å². The molecule has 0 atom stereocenters. The number of hydrogen-bond acceptors (Lipinski definition) is 5. The summed E-state index contributed by atoms with van der Waals surface area (Å²) in [5, 5.41) is 7.77. The highest BCUT2D eigenvalue weighted by Crippen LogP contribution is 2.27. The summed E-state index contributed by atoms with van der Waals surface area (Å²) in [5.41, 5.74) is 0.900. The van der Waals surface area contributed by atoms with Gasteiger partial charge in [0.2, 0.25) is 0 Å². The molecule has 0 aliphatic carbocycles. The second-order valence-corrected chi connectivity index (χ2v) is 6.80. The van der Waals surface area contributed by atoms with E-state index in [9.17, 15) is 4.79 Å². The van der Waals surface area contributed by atoms with E-state index in [1.807, 2.05) is 13.0 Å². The fourth-order valence-electron chi connectivity index (χ4n) is 2.36. The van der Waals surface area contributed by atoms with Gasteiger partial charge in [-0.15, -0.1) is 11.3 Å². The number of ether oxygens (including phenoxy) is 2. The molecule has 1 aliphatic rings. The number of carbonyl (C=O) groups excluding carboxylic acids is 1. The number of carbonyl (C=O) groups is 1. The van der Waals surface area contributed by atoms with Crippen molar-refractivity contribution in [1.29, 1.82) is 0 Å². The number of thiocarbonyl (C=S) groups is 1. The van der Waals surface area contributed by atoms with Gasteiger partial charge in [0.1, 0.15) is 18.0 Å². The van der Waals surface area contributed by atoms with E-state index in [2.05, 4.69) is 10.6 Å². The minimum Gasteiger partial charge on any atom is -0.462 e. The Morgan fingerprint density at radius 3 is 2.91 bits per heavy atom. The van der Waals surface area contributed by atoms with E-state index in [1.165, 1.54) is 16.2 Å². The molecule has 3 N–H and O–H groups in total. The van der Waals surface area contributed by atoms with Crippen LogP contribution in [-0.4, -0.2) is 57.1 Å². The first-order valence-corrected chi connectivity index (χ1v) is 9.06. The van der Waals surface area contributed by atoms with E-state index in [4.69, 9.17) is 21.7 Å². The standard InChI is InChI=1S/C15H23N3O3S2/c1-3-21-14(19)13-11(2)10-12(23-13)17-15(22)16-4-5-18-6-8-20-9-7-18/h10H,3-9H2,1-2H3,(H2,16,17,22)/p+1. The Labute approximate surface area is 146 Å². The zero-order valence-electron chi connectivity index (χ0n) is 13.6. The van der Waals surface area contributed by atoms with E-state index in [-0.39, 0.29) is 5.97 Å². The number of quaternary nitrogens is 1. The van der Waals surface area contributed by atoms with Gasteiger partial charge in [0, 0.05) is 0 Å². The predicted molar refractivity (Wildman–Crippen MR) is 95.6 cm³/mol. The van der Waals surface area contributed by atoms with Crippen LogP contribution < -0.4 is 15.5 Å². The molecule has 6 nitrogen and oxygen atoms in total. The number of nitrogens with one attached hydrogen (secondary N) is 3. The third-order valence-electron chi connectivity index (χ3n) is 3.58. The number of esters is 1. The van der Waals surface area contributed by atoms with Crippen LogP contribution in [0.5, 0.6) is 0 Å². The third-order valence-corrected chi connectivity index (χ3v) is 4.96. The highest BCUT2D eigenvalue weighted by Gasteiger charge is 2.16. The number of hydrogen-bond donors (Lipinski definition) is 3. The number of thiophene rings is 1. The SMILES string of the molecule is CCOC(=O)c1sc(NC(=S)NCC[NH+]2CCOCC2)cc1C. The molecule has 1 fully saturated rings. The quantitative estimate of drug-likeness (QED) is 0.507. The normalized spacial score (nSPS) is 15.2. The monoisotopic (exact) mass is 358 g/mol. The van der Waals surface area contributed by atoms with Crippen LogP contribution in [0, 0.1) is 6.92 Å². The van der Waals surface area contributed by atoms with Crippen molar-refractivity contribution in [2.24, 2.45) is 0 Å². The van der Waals surface area contributed by atoms with Crippen LogP contribution in [0.25, 0.3) is 0 Å². The lowest BCUT2D eigenvalue weighted by Crippen LogP contribution is -3.14. The molecule has 2 heterocycles. The number of aryl methyl sites for hydroxylation is 1. The van der Waals surface area contributed by atoms with Crippen molar-refractivity contribution >= 4 is 39.6 Å². The number of anilines is 1. The Hall–Kier alpha value is -1.22. The van der Waals surface area contributed by atoms with Crippen LogP contribution in [0.3, 0.4) is 0 Å². The highest BCUT2D eigenvalue weighted by molar-refractivity contribution is 7.80. The zero-order chi connectivity index (χ0) is 16.7. The molecule has 0 aromatic carbocycles. The molecule has 1 saturated heterocycles. The van der Waals surface area contributed by atoms with Crippen molar-refractivity contribution in [2.45, 2.75) is 13.8 Å². The van der Waals surface area contributed by atoms with Gasteiger partial charge in [-0.1, -0.05) is 0 Å². The average molecular weight is 359 g/mol. The molecular weight excluding hydrogens is 334 g/mol. The molecular formula is C15H24N3O3S2+. The molecule has 0 saturated carbocycles. The van der Waals surface area contributed by atoms with Crippen molar-refractivity contribution in [1.82, 2.24) is 5.32 Å². The van der Waals surface area contributed by atoms with Crippen LogP contribution in [0.2, 0.25) is 0 Å². The fourth-order valence-corrected chi connectivity index (χ4v) is 3.61. The topological polar surface area (TPSA) is 64.0 Å². The first-order chi connectivity index (χ1) is 11.1. The largest absolute Gasteiger partial charge is 0.462 e. The number of morpholine rings is 1. The molecule has 128 valence electrons. The van der Waals surface area contributed by atoms with Crippen LogP contribution >= 0.6 is 23.6 Å². The maximum Gasteiger partial charge on any atom is 0.348 e. The van der Waals surface area contributed by atoms with Crippen LogP contribution in [0.4, 0.5) is 5.00 Å². The van der Waals surface area contributed by atoms with E-state index in [0.717, 1.165) is 50.0 Å². The van der Waals surface area contributed by atoms with Crippen molar-refractivity contribution in [3.8, 4) is 0 Å². The number of rotatable bonds is 6. The lowest BCUT2D eigenvalue weighted by atomic mass is 10.3. The van der Waals surface area contributed by atoms with Gasteiger partial charge in [-0.3, -0.25) is 0 Å². The van der Waals surface area contributed by atoms with E-state index >= 15 is 0 Å². The second kappa shape index (κ2) is 9.17. The van der Waals surface area contributed by atoms with E-state index in [0.29, 0.717) is 16.6 Å². The van der Waals surface area contributed by atoms with Crippen molar-refractivity contribution in [3.63, 3.8) is 0 Å². The van der Waals surface area contributed by atoms with Gasteiger partial charge in [-0.05, 0) is 37.7 Å². The highest BCUT2D eigenvalue weighted by atomic mass is 32.1. The molecule has 2 rings (SSSR count). The minimum absolute atomic E-state index is 0.280. The molecule has 0 bridgehead atoms.